The van der Waals surface area contributed by atoms with Gasteiger partial charge in [-0.15, -0.1) is 0 Å². The fourth-order valence-electron chi connectivity index (χ4n) is 3.34. The Kier molecular flexibility index (Phi) is 3.48. The first-order valence-corrected chi connectivity index (χ1v) is 7.30. The van der Waals surface area contributed by atoms with Crippen molar-refractivity contribution in [2.24, 2.45) is 11.8 Å². The van der Waals surface area contributed by atoms with Gasteiger partial charge in [0.2, 0.25) is 11.8 Å². The lowest BCUT2D eigenvalue weighted by Gasteiger charge is -2.36. The Labute approximate surface area is 113 Å². The predicted octanol–water partition coefficient (Wildman–Crippen LogP) is 0.492. The molecule has 2 saturated heterocycles. The molecule has 1 aliphatic carbocycles. The quantitative estimate of drug-likeness (QED) is 0.731. The summed E-state index contributed by atoms with van der Waals surface area (Å²) in [6.45, 7) is 4.68. The number of rotatable bonds is 2. The number of amides is 2. The van der Waals surface area contributed by atoms with Gasteiger partial charge in [-0.05, 0) is 31.1 Å². The third kappa shape index (κ3) is 2.61. The SMILES string of the molecule is CC(=O)N1CCOCC1C(=O)N1CCC(C2CC2)C1. The monoisotopic (exact) mass is 266 g/mol. The van der Waals surface area contributed by atoms with Crippen molar-refractivity contribution >= 4 is 11.8 Å². The predicted molar refractivity (Wildman–Crippen MR) is 69.4 cm³/mol. The molecule has 3 fully saturated rings. The molecule has 0 aromatic rings. The second kappa shape index (κ2) is 5.12. The van der Waals surface area contributed by atoms with Crippen LogP contribution in [0.25, 0.3) is 0 Å². The Hall–Kier alpha value is -1.10. The minimum absolute atomic E-state index is 0.0282. The van der Waals surface area contributed by atoms with Gasteiger partial charge in [0, 0.05) is 26.6 Å². The summed E-state index contributed by atoms with van der Waals surface area (Å²) in [5.74, 6) is 1.60. The molecule has 0 aromatic carbocycles. The Bertz CT molecular complexity index is 381. The lowest BCUT2D eigenvalue weighted by Crippen LogP contribution is -2.55. The average molecular weight is 266 g/mol. The number of nitrogens with zero attached hydrogens (tertiary/aromatic N) is 2. The first-order valence-electron chi connectivity index (χ1n) is 7.30. The second-order valence-corrected chi connectivity index (χ2v) is 5.97. The first-order chi connectivity index (χ1) is 9.16. The maximum absolute atomic E-state index is 12.6. The standard InChI is InChI=1S/C14H22N2O3/c1-10(17)16-6-7-19-9-13(16)14(18)15-5-4-12(8-15)11-2-3-11/h11-13H,2-9H2,1H3. The molecule has 0 aromatic heterocycles. The fourth-order valence-corrected chi connectivity index (χ4v) is 3.34. The molecule has 3 rings (SSSR count). The summed E-state index contributed by atoms with van der Waals surface area (Å²) < 4.78 is 5.39. The number of morpholine rings is 1. The highest BCUT2D eigenvalue weighted by atomic mass is 16.5. The van der Waals surface area contributed by atoms with Gasteiger partial charge < -0.3 is 14.5 Å². The van der Waals surface area contributed by atoms with Crippen molar-refractivity contribution < 1.29 is 14.3 Å². The van der Waals surface area contributed by atoms with Crippen LogP contribution in [0.3, 0.4) is 0 Å². The van der Waals surface area contributed by atoms with Crippen LogP contribution < -0.4 is 0 Å². The van der Waals surface area contributed by atoms with Crippen LogP contribution in [0, 0.1) is 11.8 Å². The molecule has 19 heavy (non-hydrogen) atoms. The van der Waals surface area contributed by atoms with E-state index in [1.165, 1.54) is 19.8 Å². The van der Waals surface area contributed by atoms with E-state index < -0.39 is 6.04 Å². The molecule has 5 heteroatoms. The van der Waals surface area contributed by atoms with Gasteiger partial charge in [0.05, 0.1) is 13.2 Å². The van der Waals surface area contributed by atoms with Gasteiger partial charge in [-0.2, -0.15) is 0 Å². The van der Waals surface area contributed by atoms with Crippen LogP contribution in [0.1, 0.15) is 26.2 Å². The van der Waals surface area contributed by atoms with E-state index in [-0.39, 0.29) is 11.8 Å². The van der Waals surface area contributed by atoms with Crippen LogP contribution in [-0.2, 0) is 14.3 Å². The normalized spacial score (nSPS) is 31.6. The van der Waals surface area contributed by atoms with Crippen LogP contribution in [0.15, 0.2) is 0 Å². The zero-order valence-corrected chi connectivity index (χ0v) is 11.5. The zero-order chi connectivity index (χ0) is 13.4. The molecule has 0 N–H and O–H groups in total. The van der Waals surface area contributed by atoms with Crippen molar-refractivity contribution in [3.63, 3.8) is 0 Å². The van der Waals surface area contributed by atoms with E-state index in [1.807, 2.05) is 4.90 Å². The van der Waals surface area contributed by atoms with Crippen LogP contribution >= 0.6 is 0 Å². The third-order valence-corrected chi connectivity index (χ3v) is 4.64. The largest absolute Gasteiger partial charge is 0.377 e. The topological polar surface area (TPSA) is 49.9 Å². The van der Waals surface area contributed by atoms with Gasteiger partial charge in [0.15, 0.2) is 0 Å². The first kappa shape index (κ1) is 12.9. The minimum Gasteiger partial charge on any atom is -0.377 e. The summed E-state index contributed by atoms with van der Waals surface area (Å²) in [7, 11) is 0. The molecule has 3 aliphatic rings. The third-order valence-electron chi connectivity index (χ3n) is 4.64. The number of hydrogen-bond donors (Lipinski definition) is 0. The highest BCUT2D eigenvalue weighted by molar-refractivity contribution is 5.87. The van der Waals surface area contributed by atoms with Gasteiger partial charge in [-0.3, -0.25) is 9.59 Å². The molecule has 2 atom stereocenters. The summed E-state index contributed by atoms with van der Waals surface area (Å²) in [6.07, 6.45) is 3.79. The molecule has 5 nitrogen and oxygen atoms in total. The van der Waals surface area contributed by atoms with E-state index in [0.29, 0.717) is 25.7 Å². The van der Waals surface area contributed by atoms with Crippen molar-refractivity contribution in [3.8, 4) is 0 Å². The number of carbonyl (C=O) groups excluding carboxylic acids is 2. The lowest BCUT2D eigenvalue weighted by molar-refractivity contribution is -0.152. The van der Waals surface area contributed by atoms with Gasteiger partial charge in [0.1, 0.15) is 6.04 Å². The molecule has 2 amide bonds. The van der Waals surface area contributed by atoms with Crippen molar-refractivity contribution in [2.45, 2.75) is 32.2 Å². The maximum atomic E-state index is 12.6. The molecular weight excluding hydrogens is 244 g/mol. The summed E-state index contributed by atoms with van der Waals surface area (Å²) in [4.78, 5) is 27.8. The number of hydrogen-bond acceptors (Lipinski definition) is 3. The Balaban J connectivity index is 1.63. The summed E-state index contributed by atoms with van der Waals surface area (Å²) >= 11 is 0. The van der Waals surface area contributed by atoms with Crippen LogP contribution in [-0.4, -0.2) is 60.5 Å². The van der Waals surface area contributed by atoms with Crippen molar-refractivity contribution in [2.75, 3.05) is 32.8 Å². The van der Waals surface area contributed by atoms with E-state index in [4.69, 9.17) is 4.74 Å². The van der Waals surface area contributed by atoms with Gasteiger partial charge in [-0.1, -0.05) is 0 Å². The van der Waals surface area contributed by atoms with Crippen LogP contribution in [0.5, 0.6) is 0 Å². The molecular formula is C14H22N2O3. The van der Waals surface area contributed by atoms with E-state index >= 15 is 0 Å². The minimum atomic E-state index is -0.399. The molecule has 0 spiro atoms. The molecule has 2 aliphatic heterocycles. The van der Waals surface area contributed by atoms with E-state index in [9.17, 15) is 9.59 Å². The smallest absolute Gasteiger partial charge is 0.247 e. The summed E-state index contributed by atoms with van der Waals surface area (Å²) in [5, 5.41) is 0. The zero-order valence-electron chi connectivity index (χ0n) is 11.5. The van der Waals surface area contributed by atoms with E-state index in [0.717, 1.165) is 25.4 Å². The van der Waals surface area contributed by atoms with Gasteiger partial charge >= 0.3 is 0 Å². The van der Waals surface area contributed by atoms with Gasteiger partial charge in [0.25, 0.3) is 0 Å². The average Bonchev–Trinajstić information content (AvgIpc) is 3.16. The van der Waals surface area contributed by atoms with Crippen LogP contribution in [0.4, 0.5) is 0 Å². The molecule has 2 unspecified atom stereocenters. The van der Waals surface area contributed by atoms with E-state index in [1.54, 1.807) is 4.90 Å². The van der Waals surface area contributed by atoms with Gasteiger partial charge in [-0.25, -0.2) is 0 Å². The number of likely N-dealkylation sites (tertiary alicyclic amines) is 1. The van der Waals surface area contributed by atoms with Crippen molar-refractivity contribution in [1.82, 2.24) is 9.80 Å². The molecule has 106 valence electrons. The lowest BCUT2D eigenvalue weighted by atomic mass is 10.0. The highest BCUT2D eigenvalue weighted by Gasteiger charge is 2.40. The van der Waals surface area contributed by atoms with Crippen molar-refractivity contribution in [3.05, 3.63) is 0 Å². The Morgan fingerprint density at radius 2 is 1.89 bits per heavy atom. The Morgan fingerprint density at radius 3 is 2.58 bits per heavy atom. The summed E-state index contributed by atoms with van der Waals surface area (Å²) in [6, 6.07) is -0.399. The fraction of sp³-hybridized carbons (Fsp3) is 0.857. The molecule has 2 heterocycles. The van der Waals surface area contributed by atoms with Crippen molar-refractivity contribution in [1.29, 1.82) is 0 Å². The maximum Gasteiger partial charge on any atom is 0.247 e. The molecule has 0 radical (unpaired) electrons. The molecule has 1 saturated carbocycles. The number of carbonyl (C=O) groups is 2. The summed E-state index contributed by atoms with van der Waals surface area (Å²) in [5.41, 5.74) is 0. The molecule has 0 bridgehead atoms. The number of ether oxygens (including phenoxy) is 1. The second-order valence-electron chi connectivity index (χ2n) is 5.97. The Morgan fingerprint density at radius 1 is 1.11 bits per heavy atom. The van der Waals surface area contributed by atoms with E-state index in [2.05, 4.69) is 0 Å². The highest BCUT2D eigenvalue weighted by Crippen LogP contribution is 2.41. The van der Waals surface area contributed by atoms with Crippen LogP contribution in [0.2, 0.25) is 0 Å².